The van der Waals surface area contributed by atoms with Crippen LogP contribution in [0.15, 0.2) is 53.1 Å². The van der Waals surface area contributed by atoms with Gasteiger partial charge in [0, 0.05) is 5.39 Å². The number of furan rings is 1. The molecular formula is C15H9NO4. The third-order valence-electron chi connectivity index (χ3n) is 2.92. The van der Waals surface area contributed by atoms with Gasteiger partial charge in [0.15, 0.2) is 11.5 Å². The lowest BCUT2D eigenvalue weighted by molar-refractivity contribution is 0.0686. The summed E-state index contributed by atoms with van der Waals surface area (Å²) in [6.07, 6.45) is 1.36. The van der Waals surface area contributed by atoms with Crippen LogP contribution in [0.3, 0.4) is 0 Å². The van der Waals surface area contributed by atoms with Crippen molar-refractivity contribution >= 4 is 22.7 Å². The van der Waals surface area contributed by atoms with Gasteiger partial charge in [0.1, 0.15) is 0 Å². The van der Waals surface area contributed by atoms with E-state index in [9.17, 15) is 14.7 Å². The molecule has 0 fully saturated rings. The van der Waals surface area contributed by atoms with Gasteiger partial charge < -0.3 is 9.52 Å². The maximum absolute atomic E-state index is 12.3. The SMILES string of the molecule is O=C(c1ccco1)c1cc2ccccc2nc1C(=O)O. The van der Waals surface area contributed by atoms with E-state index in [4.69, 9.17) is 4.42 Å². The summed E-state index contributed by atoms with van der Waals surface area (Å²) in [5.74, 6) is -1.65. The summed E-state index contributed by atoms with van der Waals surface area (Å²) in [7, 11) is 0. The van der Waals surface area contributed by atoms with Gasteiger partial charge in [-0.25, -0.2) is 9.78 Å². The molecule has 98 valence electrons. The fourth-order valence-electron chi connectivity index (χ4n) is 1.99. The van der Waals surface area contributed by atoms with Gasteiger partial charge in [-0.3, -0.25) is 4.79 Å². The Kier molecular flexibility index (Phi) is 2.80. The molecule has 0 aliphatic heterocycles. The predicted octanol–water partition coefficient (Wildman–Crippen LogP) is 2.76. The van der Waals surface area contributed by atoms with Crippen molar-refractivity contribution in [3.8, 4) is 0 Å². The highest BCUT2D eigenvalue weighted by molar-refractivity contribution is 6.13. The van der Waals surface area contributed by atoms with Crippen LogP contribution in [-0.2, 0) is 0 Å². The summed E-state index contributed by atoms with van der Waals surface area (Å²) >= 11 is 0. The second kappa shape index (κ2) is 4.62. The van der Waals surface area contributed by atoms with Gasteiger partial charge in [-0.1, -0.05) is 18.2 Å². The van der Waals surface area contributed by atoms with Crippen LogP contribution in [0, 0.1) is 0 Å². The zero-order chi connectivity index (χ0) is 14.1. The molecule has 0 radical (unpaired) electrons. The second-order valence-corrected chi connectivity index (χ2v) is 4.19. The molecule has 0 saturated carbocycles. The number of hydrogen-bond donors (Lipinski definition) is 1. The lowest BCUT2D eigenvalue weighted by Gasteiger charge is -2.05. The fraction of sp³-hybridized carbons (Fsp3) is 0. The summed E-state index contributed by atoms with van der Waals surface area (Å²) in [6, 6.07) is 11.6. The van der Waals surface area contributed by atoms with E-state index in [-0.39, 0.29) is 17.0 Å². The maximum Gasteiger partial charge on any atom is 0.355 e. The average Bonchev–Trinajstić information content (AvgIpc) is 2.99. The van der Waals surface area contributed by atoms with Gasteiger partial charge >= 0.3 is 5.97 Å². The minimum absolute atomic E-state index is 0.0196. The number of hydrogen-bond acceptors (Lipinski definition) is 4. The Hall–Kier alpha value is -2.95. The van der Waals surface area contributed by atoms with Crippen LogP contribution in [-0.4, -0.2) is 21.8 Å². The van der Waals surface area contributed by atoms with E-state index in [0.717, 1.165) is 0 Å². The highest BCUT2D eigenvalue weighted by Crippen LogP contribution is 2.20. The Morgan fingerprint density at radius 1 is 1.10 bits per heavy atom. The van der Waals surface area contributed by atoms with E-state index >= 15 is 0 Å². The Morgan fingerprint density at radius 2 is 1.90 bits per heavy atom. The number of para-hydroxylation sites is 1. The fourth-order valence-corrected chi connectivity index (χ4v) is 1.99. The van der Waals surface area contributed by atoms with Crippen molar-refractivity contribution in [3.05, 3.63) is 65.7 Å². The molecular weight excluding hydrogens is 258 g/mol. The summed E-state index contributed by atoms with van der Waals surface area (Å²) < 4.78 is 5.03. The Bertz CT molecular complexity index is 806. The lowest BCUT2D eigenvalue weighted by atomic mass is 10.0. The standard InChI is InChI=1S/C15H9NO4/c17-14(12-6-3-7-20-12)10-8-9-4-1-2-5-11(9)16-13(10)15(18)19/h1-8H,(H,18,19). The molecule has 0 saturated heterocycles. The summed E-state index contributed by atoms with van der Waals surface area (Å²) in [5.41, 5.74) is 0.275. The van der Waals surface area contributed by atoms with Gasteiger partial charge in [-0.2, -0.15) is 0 Å². The number of carboxylic acid groups (broad SMARTS) is 1. The Labute approximate surface area is 113 Å². The molecule has 0 atom stereocenters. The van der Waals surface area contributed by atoms with E-state index in [0.29, 0.717) is 10.9 Å². The van der Waals surface area contributed by atoms with Crippen LogP contribution in [0.25, 0.3) is 10.9 Å². The first kappa shape index (κ1) is 12.1. The highest BCUT2D eigenvalue weighted by atomic mass is 16.4. The number of aromatic carboxylic acids is 1. The van der Waals surface area contributed by atoms with Gasteiger partial charge in [0.25, 0.3) is 0 Å². The van der Waals surface area contributed by atoms with Crippen LogP contribution < -0.4 is 0 Å². The molecule has 2 heterocycles. The number of aromatic nitrogens is 1. The Morgan fingerprint density at radius 3 is 2.60 bits per heavy atom. The molecule has 2 aromatic heterocycles. The monoisotopic (exact) mass is 267 g/mol. The molecule has 5 nitrogen and oxygen atoms in total. The molecule has 0 aliphatic carbocycles. The molecule has 0 bridgehead atoms. The first-order valence-corrected chi connectivity index (χ1v) is 5.88. The number of carbonyl (C=O) groups is 2. The van der Waals surface area contributed by atoms with Crippen LogP contribution in [0.4, 0.5) is 0 Å². The number of carboxylic acids is 1. The number of benzene rings is 1. The molecule has 20 heavy (non-hydrogen) atoms. The molecule has 5 heteroatoms. The summed E-state index contributed by atoms with van der Waals surface area (Å²) in [5, 5.41) is 9.93. The van der Waals surface area contributed by atoms with Gasteiger partial charge in [-0.15, -0.1) is 0 Å². The van der Waals surface area contributed by atoms with E-state index in [1.165, 1.54) is 18.4 Å². The zero-order valence-electron chi connectivity index (χ0n) is 10.2. The third kappa shape index (κ3) is 1.95. The van der Waals surface area contributed by atoms with Gasteiger partial charge in [0.05, 0.1) is 17.3 Å². The van der Waals surface area contributed by atoms with E-state index < -0.39 is 11.8 Å². The quantitative estimate of drug-likeness (QED) is 0.738. The minimum atomic E-state index is -1.24. The van der Waals surface area contributed by atoms with Crippen molar-refractivity contribution in [3.63, 3.8) is 0 Å². The molecule has 1 N–H and O–H groups in total. The topological polar surface area (TPSA) is 80.4 Å². The zero-order valence-corrected chi connectivity index (χ0v) is 10.2. The number of carbonyl (C=O) groups excluding carboxylic acids is 1. The maximum atomic E-state index is 12.3. The Balaban J connectivity index is 2.25. The molecule has 3 aromatic rings. The largest absolute Gasteiger partial charge is 0.476 e. The lowest BCUT2D eigenvalue weighted by Crippen LogP contribution is -2.11. The second-order valence-electron chi connectivity index (χ2n) is 4.19. The van der Waals surface area contributed by atoms with Crippen molar-refractivity contribution < 1.29 is 19.1 Å². The van der Waals surface area contributed by atoms with Crippen molar-refractivity contribution in [2.24, 2.45) is 0 Å². The predicted molar refractivity (Wildman–Crippen MR) is 70.8 cm³/mol. The molecule has 0 amide bonds. The number of fused-ring (bicyclic) bond motifs is 1. The van der Waals surface area contributed by atoms with Crippen molar-refractivity contribution in [1.82, 2.24) is 4.98 Å². The molecule has 1 aromatic carbocycles. The first-order chi connectivity index (χ1) is 9.66. The summed E-state index contributed by atoms with van der Waals surface area (Å²) in [6.45, 7) is 0. The van der Waals surface area contributed by atoms with Crippen molar-refractivity contribution in [2.45, 2.75) is 0 Å². The highest BCUT2D eigenvalue weighted by Gasteiger charge is 2.22. The number of ketones is 1. The van der Waals surface area contributed by atoms with Crippen molar-refractivity contribution in [1.29, 1.82) is 0 Å². The number of pyridine rings is 1. The average molecular weight is 267 g/mol. The van der Waals surface area contributed by atoms with Crippen molar-refractivity contribution in [2.75, 3.05) is 0 Å². The number of rotatable bonds is 3. The van der Waals surface area contributed by atoms with Crippen LogP contribution in [0.5, 0.6) is 0 Å². The molecule has 0 aliphatic rings. The first-order valence-electron chi connectivity index (χ1n) is 5.88. The molecule has 0 unspecified atom stereocenters. The van der Waals surface area contributed by atoms with Gasteiger partial charge in [0.2, 0.25) is 5.78 Å². The van der Waals surface area contributed by atoms with E-state index in [1.807, 2.05) is 0 Å². The van der Waals surface area contributed by atoms with E-state index in [2.05, 4.69) is 4.98 Å². The van der Waals surface area contributed by atoms with Crippen LogP contribution in [0.2, 0.25) is 0 Å². The minimum Gasteiger partial charge on any atom is -0.476 e. The molecule has 0 spiro atoms. The van der Waals surface area contributed by atoms with Gasteiger partial charge in [-0.05, 0) is 24.3 Å². The smallest absolute Gasteiger partial charge is 0.355 e. The van der Waals surface area contributed by atoms with Crippen LogP contribution >= 0.6 is 0 Å². The number of nitrogens with zero attached hydrogens (tertiary/aromatic N) is 1. The molecule has 3 rings (SSSR count). The normalized spacial score (nSPS) is 10.6. The van der Waals surface area contributed by atoms with Crippen LogP contribution in [0.1, 0.15) is 26.6 Å². The summed E-state index contributed by atoms with van der Waals surface area (Å²) in [4.78, 5) is 27.6. The third-order valence-corrected chi connectivity index (χ3v) is 2.92. The van der Waals surface area contributed by atoms with E-state index in [1.54, 1.807) is 30.3 Å².